The Hall–Kier alpha value is -4.70. The Labute approximate surface area is 225 Å². The minimum absolute atomic E-state index is 0.692. The van der Waals surface area contributed by atoms with Crippen LogP contribution in [0.25, 0.3) is 10.6 Å². The number of rotatable bonds is 4. The maximum Gasteiger partial charge on any atom is 0.0486 e. The molecular weight excluding hydrogens is 464 g/mol. The SMILES string of the molecule is CC1=Nc2ccccc2[N-]/C(Cc2ccccc2)=C\C(C)=Nc2ccccc2[N-]/C(Cc2ccccc2)=C\1. The van der Waals surface area contributed by atoms with E-state index in [9.17, 15) is 0 Å². The largest absolute Gasteiger partial charge is 0.659 e. The van der Waals surface area contributed by atoms with Crippen molar-refractivity contribution in [2.24, 2.45) is 9.98 Å². The van der Waals surface area contributed by atoms with Gasteiger partial charge in [0.15, 0.2) is 0 Å². The van der Waals surface area contributed by atoms with E-state index in [0.717, 1.165) is 45.6 Å². The molecule has 0 bridgehead atoms. The highest BCUT2D eigenvalue weighted by atomic mass is 14.9. The summed E-state index contributed by atoms with van der Waals surface area (Å²) in [5.74, 6) is 0. The van der Waals surface area contributed by atoms with E-state index in [4.69, 9.17) is 20.6 Å². The van der Waals surface area contributed by atoms with Crippen LogP contribution in [-0.4, -0.2) is 11.4 Å². The number of fused-ring (bicyclic) bond motifs is 2. The van der Waals surface area contributed by atoms with Gasteiger partial charge < -0.3 is 10.6 Å². The van der Waals surface area contributed by atoms with Crippen molar-refractivity contribution >= 4 is 34.2 Å². The summed E-state index contributed by atoms with van der Waals surface area (Å²) < 4.78 is 0. The molecule has 5 rings (SSSR count). The lowest BCUT2D eigenvalue weighted by Crippen LogP contribution is -1.96. The lowest BCUT2D eigenvalue weighted by molar-refractivity contribution is 1.17. The maximum absolute atomic E-state index is 5.08. The van der Waals surface area contributed by atoms with Crippen LogP contribution in [0.3, 0.4) is 0 Å². The van der Waals surface area contributed by atoms with Gasteiger partial charge in [0.2, 0.25) is 0 Å². The molecule has 0 spiro atoms. The fourth-order valence-electron chi connectivity index (χ4n) is 4.40. The molecule has 0 aromatic heterocycles. The lowest BCUT2D eigenvalue weighted by Gasteiger charge is -2.30. The summed E-state index contributed by atoms with van der Waals surface area (Å²) in [5.41, 5.74) is 9.26. The molecule has 4 aromatic rings. The molecule has 0 aliphatic carbocycles. The molecule has 0 atom stereocenters. The van der Waals surface area contributed by atoms with Crippen LogP contribution in [0.4, 0.5) is 22.7 Å². The first-order valence-corrected chi connectivity index (χ1v) is 12.8. The third-order valence-electron chi connectivity index (χ3n) is 6.09. The summed E-state index contributed by atoms with van der Waals surface area (Å²) in [7, 11) is 0. The number of allylic oxidation sites excluding steroid dienone is 4. The molecule has 4 heteroatoms. The zero-order chi connectivity index (χ0) is 26.2. The van der Waals surface area contributed by atoms with Gasteiger partial charge in [0.25, 0.3) is 0 Å². The molecule has 0 unspecified atom stereocenters. The van der Waals surface area contributed by atoms with Crippen molar-refractivity contribution in [3.8, 4) is 0 Å². The lowest BCUT2D eigenvalue weighted by atomic mass is 10.1. The third-order valence-corrected chi connectivity index (χ3v) is 6.09. The Bertz CT molecular complexity index is 1400. The van der Waals surface area contributed by atoms with Crippen molar-refractivity contribution in [1.82, 2.24) is 0 Å². The number of hydrogen-bond donors (Lipinski definition) is 0. The van der Waals surface area contributed by atoms with E-state index < -0.39 is 0 Å². The molecule has 0 saturated heterocycles. The van der Waals surface area contributed by atoms with Crippen LogP contribution in [0, 0.1) is 0 Å². The van der Waals surface area contributed by atoms with E-state index in [0.29, 0.717) is 12.8 Å². The number of hydrogen-bond acceptors (Lipinski definition) is 2. The number of benzene rings is 4. The van der Waals surface area contributed by atoms with Gasteiger partial charge in [-0.2, -0.15) is 11.4 Å². The van der Waals surface area contributed by atoms with Crippen LogP contribution in [0.15, 0.2) is 143 Å². The first-order chi connectivity index (χ1) is 18.6. The van der Waals surface area contributed by atoms with E-state index in [1.54, 1.807) is 0 Å². The van der Waals surface area contributed by atoms with Crippen molar-refractivity contribution in [2.75, 3.05) is 0 Å². The summed E-state index contributed by atoms with van der Waals surface area (Å²) in [6.45, 7) is 4.02. The summed E-state index contributed by atoms with van der Waals surface area (Å²) in [4.78, 5) is 9.93. The molecule has 0 fully saturated rings. The van der Waals surface area contributed by atoms with Crippen molar-refractivity contribution in [3.63, 3.8) is 0 Å². The van der Waals surface area contributed by atoms with Crippen molar-refractivity contribution in [2.45, 2.75) is 26.7 Å². The maximum atomic E-state index is 5.08. The Morgan fingerprint density at radius 1 is 0.474 bits per heavy atom. The Morgan fingerprint density at radius 2 is 0.842 bits per heavy atom. The van der Waals surface area contributed by atoms with Crippen LogP contribution in [0.1, 0.15) is 25.0 Å². The minimum Gasteiger partial charge on any atom is -0.659 e. The molecule has 38 heavy (non-hydrogen) atoms. The monoisotopic (exact) mass is 494 g/mol. The van der Waals surface area contributed by atoms with Crippen LogP contribution in [-0.2, 0) is 12.8 Å². The van der Waals surface area contributed by atoms with Gasteiger partial charge in [0, 0.05) is 22.8 Å². The van der Waals surface area contributed by atoms with Crippen LogP contribution < -0.4 is 0 Å². The first kappa shape index (κ1) is 25.0. The second kappa shape index (κ2) is 12.0. The molecule has 1 aliphatic rings. The van der Waals surface area contributed by atoms with E-state index >= 15 is 0 Å². The summed E-state index contributed by atoms with van der Waals surface area (Å²) in [5, 5.41) is 10.2. The Balaban J connectivity index is 1.61. The second-order valence-electron chi connectivity index (χ2n) is 9.30. The van der Waals surface area contributed by atoms with Gasteiger partial charge in [0.05, 0.1) is 0 Å². The van der Waals surface area contributed by atoms with Crippen molar-refractivity contribution in [1.29, 1.82) is 0 Å². The first-order valence-electron chi connectivity index (χ1n) is 12.8. The normalized spacial score (nSPS) is 16.5. The molecule has 4 aromatic carbocycles. The smallest absolute Gasteiger partial charge is 0.0486 e. The topological polar surface area (TPSA) is 52.9 Å². The molecular formula is C34H30N4-2. The Morgan fingerprint density at radius 3 is 1.26 bits per heavy atom. The fraction of sp³-hybridized carbons (Fsp3) is 0.118. The molecule has 0 amide bonds. The van der Waals surface area contributed by atoms with Crippen molar-refractivity contribution < 1.29 is 0 Å². The van der Waals surface area contributed by atoms with E-state index in [1.807, 2.05) is 74.5 Å². The predicted molar refractivity (Wildman–Crippen MR) is 161 cm³/mol. The standard InChI is InChI=1S/C34H30N4/c1-25-21-29(23-27-13-5-3-6-14-27)37-34-20-12-10-18-32(34)36-26(2)22-30(24-28-15-7-4-8-16-28)38-33-19-11-9-17-31(33)35-25/h3-22H,23-24H2,1-2H3/q-2/b29-21-,30-22-,35-25?,36-26?. The molecule has 0 N–H and O–H groups in total. The summed E-state index contributed by atoms with van der Waals surface area (Å²) in [6, 6.07) is 36.8. The molecule has 0 radical (unpaired) electrons. The van der Waals surface area contributed by atoms with Gasteiger partial charge in [-0.3, -0.25) is 9.98 Å². The number of aliphatic imine (C=N–C) groups is 2. The summed E-state index contributed by atoms with van der Waals surface area (Å²) in [6.07, 6.45) is 5.50. The highest BCUT2D eigenvalue weighted by Gasteiger charge is 2.02. The summed E-state index contributed by atoms with van der Waals surface area (Å²) >= 11 is 0. The predicted octanol–water partition coefficient (Wildman–Crippen LogP) is 9.85. The fourth-order valence-corrected chi connectivity index (χ4v) is 4.40. The zero-order valence-electron chi connectivity index (χ0n) is 21.8. The number of para-hydroxylation sites is 4. The third kappa shape index (κ3) is 6.74. The minimum atomic E-state index is 0.692. The van der Waals surface area contributed by atoms with Gasteiger partial charge in [-0.15, -0.1) is 11.4 Å². The molecule has 1 heterocycles. The van der Waals surface area contributed by atoms with Gasteiger partial charge in [0.1, 0.15) is 0 Å². The number of nitrogens with zero attached hydrogens (tertiary/aromatic N) is 4. The van der Waals surface area contributed by atoms with Crippen LogP contribution in [0.5, 0.6) is 0 Å². The molecule has 1 aliphatic heterocycles. The Kier molecular flexibility index (Phi) is 7.90. The average Bonchev–Trinajstić information content (AvgIpc) is 2.91. The van der Waals surface area contributed by atoms with E-state index in [-0.39, 0.29) is 0 Å². The quantitative estimate of drug-likeness (QED) is 0.271. The van der Waals surface area contributed by atoms with Crippen LogP contribution in [0.2, 0.25) is 0 Å². The van der Waals surface area contributed by atoms with Gasteiger partial charge in [-0.25, -0.2) is 0 Å². The van der Waals surface area contributed by atoms with Gasteiger partial charge in [-0.05, 0) is 49.9 Å². The van der Waals surface area contributed by atoms with E-state index in [2.05, 4.69) is 60.7 Å². The highest BCUT2D eigenvalue weighted by molar-refractivity contribution is 5.99. The van der Waals surface area contributed by atoms with Gasteiger partial charge in [-0.1, -0.05) is 109 Å². The average molecular weight is 495 g/mol. The zero-order valence-corrected chi connectivity index (χ0v) is 21.8. The highest BCUT2D eigenvalue weighted by Crippen LogP contribution is 2.38. The van der Waals surface area contributed by atoms with Gasteiger partial charge >= 0.3 is 0 Å². The molecule has 188 valence electrons. The van der Waals surface area contributed by atoms with Crippen LogP contribution >= 0.6 is 0 Å². The molecule has 4 nitrogen and oxygen atoms in total. The van der Waals surface area contributed by atoms with E-state index in [1.165, 1.54) is 11.1 Å². The second-order valence-corrected chi connectivity index (χ2v) is 9.30. The van der Waals surface area contributed by atoms with Crippen molar-refractivity contribution in [3.05, 3.63) is 155 Å². The molecule has 0 saturated carbocycles.